The fraction of sp³-hybridized carbons (Fsp3) is 0.500. The van der Waals surface area contributed by atoms with Gasteiger partial charge in [-0.15, -0.1) is 6.58 Å². The van der Waals surface area contributed by atoms with Gasteiger partial charge in [-0.2, -0.15) is 0 Å². The first-order valence-corrected chi connectivity index (χ1v) is 6.95. The molecule has 0 unspecified atom stereocenters. The lowest BCUT2D eigenvalue weighted by Gasteiger charge is -2.15. The molecule has 0 atom stereocenters. The zero-order valence-corrected chi connectivity index (χ0v) is 13.1. The van der Waals surface area contributed by atoms with Crippen LogP contribution in [-0.4, -0.2) is 41.1 Å². The maximum Gasteiger partial charge on any atom is 0.130 e. The van der Waals surface area contributed by atoms with Crippen LogP contribution in [0.3, 0.4) is 0 Å². The van der Waals surface area contributed by atoms with Crippen molar-refractivity contribution in [2.75, 3.05) is 41.1 Å². The number of hydrogen-bond donors (Lipinski definition) is 1. The molecule has 0 saturated carbocycles. The second kappa shape index (κ2) is 10.1. The first-order valence-electron chi connectivity index (χ1n) is 6.95. The summed E-state index contributed by atoms with van der Waals surface area (Å²) in [6.07, 6.45) is 2.72. The molecule has 0 aliphatic rings. The van der Waals surface area contributed by atoms with E-state index < -0.39 is 0 Å². The van der Waals surface area contributed by atoms with Crippen LogP contribution in [0.5, 0.6) is 17.2 Å². The Labute approximate surface area is 126 Å². The third-order valence-electron chi connectivity index (χ3n) is 3.01. The van der Waals surface area contributed by atoms with Gasteiger partial charge < -0.3 is 24.3 Å². The summed E-state index contributed by atoms with van der Waals surface area (Å²) >= 11 is 0. The van der Waals surface area contributed by atoms with Crippen molar-refractivity contribution >= 4 is 0 Å². The van der Waals surface area contributed by atoms with Gasteiger partial charge in [0.2, 0.25) is 0 Å². The van der Waals surface area contributed by atoms with Gasteiger partial charge in [-0.1, -0.05) is 6.08 Å². The molecule has 0 aromatic heterocycles. The van der Waals surface area contributed by atoms with Crippen LogP contribution in [0.25, 0.3) is 0 Å². The largest absolute Gasteiger partial charge is 0.496 e. The Balaban J connectivity index is 2.54. The molecule has 1 aromatic rings. The predicted molar refractivity (Wildman–Crippen MR) is 83.4 cm³/mol. The van der Waals surface area contributed by atoms with Crippen molar-refractivity contribution in [3.8, 4) is 17.2 Å². The zero-order valence-electron chi connectivity index (χ0n) is 13.1. The average molecular weight is 295 g/mol. The summed E-state index contributed by atoms with van der Waals surface area (Å²) in [5.41, 5.74) is 0.965. The highest BCUT2D eigenvalue weighted by molar-refractivity contribution is 5.50. The lowest BCUT2D eigenvalue weighted by Crippen LogP contribution is -2.20. The summed E-state index contributed by atoms with van der Waals surface area (Å²) in [5.74, 6) is 2.19. The number of benzene rings is 1. The van der Waals surface area contributed by atoms with Crippen molar-refractivity contribution in [3.05, 3.63) is 30.4 Å². The number of methoxy groups -OCH3 is 3. The molecule has 5 nitrogen and oxygen atoms in total. The van der Waals surface area contributed by atoms with Crippen LogP contribution in [0.15, 0.2) is 24.8 Å². The van der Waals surface area contributed by atoms with Crippen LogP contribution in [0.2, 0.25) is 0 Å². The van der Waals surface area contributed by atoms with E-state index in [2.05, 4.69) is 11.9 Å². The molecule has 0 saturated heterocycles. The molecule has 0 fully saturated rings. The van der Waals surface area contributed by atoms with E-state index in [0.717, 1.165) is 30.0 Å². The molecule has 1 aromatic carbocycles. The molecule has 1 rings (SSSR count). The van der Waals surface area contributed by atoms with Gasteiger partial charge >= 0.3 is 0 Å². The van der Waals surface area contributed by atoms with Crippen molar-refractivity contribution in [2.45, 2.75) is 13.0 Å². The maximum absolute atomic E-state index is 5.45. The van der Waals surface area contributed by atoms with Gasteiger partial charge in [0.1, 0.15) is 17.2 Å². The van der Waals surface area contributed by atoms with Gasteiger partial charge in [-0.05, 0) is 6.42 Å². The third-order valence-corrected chi connectivity index (χ3v) is 3.01. The molecule has 0 heterocycles. The number of hydrogen-bond acceptors (Lipinski definition) is 5. The van der Waals surface area contributed by atoms with Crippen LogP contribution in [0.4, 0.5) is 0 Å². The molecule has 118 valence electrons. The highest BCUT2D eigenvalue weighted by Gasteiger charge is 2.12. The Morgan fingerprint density at radius 3 is 2.24 bits per heavy atom. The fourth-order valence-electron chi connectivity index (χ4n) is 1.88. The van der Waals surface area contributed by atoms with Crippen LogP contribution < -0.4 is 19.5 Å². The zero-order chi connectivity index (χ0) is 15.5. The van der Waals surface area contributed by atoms with Crippen molar-refractivity contribution < 1.29 is 18.9 Å². The predicted octanol–water partition coefficient (Wildman–Crippen LogP) is 2.39. The Morgan fingerprint density at radius 2 is 1.71 bits per heavy atom. The first kappa shape index (κ1) is 17.3. The molecule has 0 bridgehead atoms. The van der Waals surface area contributed by atoms with E-state index in [0.29, 0.717) is 25.5 Å². The van der Waals surface area contributed by atoms with E-state index in [-0.39, 0.29) is 0 Å². The third kappa shape index (κ3) is 5.65. The minimum atomic E-state index is 0.640. The maximum atomic E-state index is 5.45. The Morgan fingerprint density at radius 1 is 1.05 bits per heavy atom. The molecule has 0 amide bonds. The average Bonchev–Trinajstić information content (AvgIpc) is 2.53. The van der Waals surface area contributed by atoms with Crippen LogP contribution in [0, 0.1) is 0 Å². The normalized spacial score (nSPS) is 10.2. The van der Waals surface area contributed by atoms with Crippen molar-refractivity contribution in [1.29, 1.82) is 0 Å². The van der Waals surface area contributed by atoms with Crippen LogP contribution >= 0.6 is 0 Å². The lowest BCUT2D eigenvalue weighted by molar-refractivity contribution is 0.140. The van der Waals surface area contributed by atoms with Crippen molar-refractivity contribution in [3.63, 3.8) is 0 Å². The number of nitrogens with one attached hydrogen (secondary N) is 1. The highest BCUT2D eigenvalue weighted by atomic mass is 16.5. The van der Waals surface area contributed by atoms with E-state index in [9.17, 15) is 0 Å². The molecular formula is C16H25NO4. The smallest absolute Gasteiger partial charge is 0.130 e. The molecule has 0 aliphatic heterocycles. The minimum absolute atomic E-state index is 0.640. The van der Waals surface area contributed by atoms with Crippen LogP contribution in [-0.2, 0) is 11.3 Å². The van der Waals surface area contributed by atoms with Gasteiger partial charge in [0.05, 0.1) is 40.1 Å². The van der Waals surface area contributed by atoms with E-state index in [4.69, 9.17) is 18.9 Å². The van der Waals surface area contributed by atoms with Crippen molar-refractivity contribution in [2.24, 2.45) is 0 Å². The molecule has 0 aliphatic carbocycles. The first-order chi connectivity index (χ1) is 10.3. The Bertz CT molecular complexity index is 409. The second-order valence-corrected chi connectivity index (χ2v) is 4.38. The summed E-state index contributed by atoms with van der Waals surface area (Å²) in [7, 11) is 4.89. The quantitative estimate of drug-likeness (QED) is 0.502. The summed E-state index contributed by atoms with van der Waals surface area (Å²) in [4.78, 5) is 0. The van der Waals surface area contributed by atoms with Gasteiger partial charge in [-0.3, -0.25) is 0 Å². The second-order valence-electron chi connectivity index (χ2n) is 4.38. The summed E-state index contributed by atoms with van der Waals surface area (Å²) in [5, 5.41) is 3.31. The minimum Gasteiger partial charge on any atom is -0.496 e. The van der Waals surface area contributed by atoms with E-state index >= 15 is 0 Å². The van der Waals surface area contributed by atoms with E-state index in [1.165, 1.54) is 0 Å². The molecular weight excluding hydrogens is 270 g/mol. The van der Waals surface area contributed by atoms with E-state index in [1.807, 2.05) is 18.2 Å². The van der Waals surface area contributed by atoms with Crippen LogP contribution in [0.1, 0.15) is 12.0 Å². The lowest BCUT2D eigenvalue weighted by atomic mass is 10.1. The number of rotatable bonds is 11. The molecule has 21 heavy (non-hydrogen) atoms. The molecule has 5 heteroatoms. The topological polar surface area (TPSA) is 49.0 Å². The van der Waals surface area contributed by atoms with Gasteiger partial charge in [0.15, 0.2) is 0 Å². The fourth-order valence-corrected chi connectivity index (χ4v) is 1.88. The Hall–Kier alpha value is -1.72. The van der Waals surface area contributed by atoms with Gasteiger partial charge in [0.25, 0.3) is 0 Å². The number of ether oxygens (including phenoxy) is 4. The molecule has 1 N–H and O–H groups in total. The van der Waals surface area contributed by atoms with Crippen molar-refractivity contribution in [1.82, 2.24) is 5.32 Å². The molecule has 0 radical (unpaired) electrons. The summed E-state index contributed by atoms with van der Waals surface area (Å²) in [6.45, 7) is 6.42. The van der Waals surface area contributed by atoms with Gasteiger partial charge in [-0.25, -0.2) is 0 Å². The SMILES string of the molecule is C=CCCOCCNCc1c(OC)cc(OC)cc1OC. The Kier molecular flexibility index (Phi) is 8.31. The molecule has 0 spiro atoms. The summed E-state index contributed by atoms with van der Waals surface area (Å²) < 4.78 is 21.5. The standard InChI is InChI=1S/C16H25NO4/c1-5-6-8-21-9-7-17-12-14-15(19-3)10-13(18-2)11-16(14)20-4/h5,10-11,17H,1,6-9,12H2,2-4H3. The van der Waals surface area contributed by atoms with Gasteiger partial charge in [0, 0.05) is 25.2 Å². The highest BCUT2D eigenvalue weighted by Crippen LogP contribution is 2.33. The monoisotopic (exact) mass is 295 g/mol. The summed E-state index contributed by atoms with van der Waals surface area (Å²) in [6, 6.07) is 3.69. The van der Waals surface area contributed by atoms with E-state index in [1.54, 1.807) is 21.3 Å².